The molecule has 4 nitrogen and oxygen atoms in total. The second kappa shape index (κ2) is 5.56. The highest BCUT2D eigenvalue weighted by Crippen LogP contribution is 2.11. The number of nitrogens with two attached hydrogens (primary N) is 1. The van der Waals surface area contributed by atoms with E-state index in [1.807, 2.05) is 0 Å². The summed E-state index contributed by atoms with van der Waals surface area (Å²) < 4.78 is 0. The molecule has 0 radical (unpaired) electrons. The minimum absolute atomic E-state index is 0.185. The molecule has 4 heteroatoms. The van der Waals surface area contributed by atoms with E-state index < -0.39 is 11.6 Å². The standard InChI is InChI=1S/C14H18N2O2/c1-4-14(2,3)16-13(18)12(15)9-10-5-7-11(17)8-6-10/h1,5-8,12,17H,9,15H2,2-3H3,(H,16,18)/t12-/m1/s1. The van der Waals surface area contributed by atoms with E-state index in [9.17, 15) is 4.79 Å². The van der Waals surface area contributed by atoms with E-state index >= 15 is 0 Å². The van der Waals surface area contributed by atoms with Crippen LogP contribution in [0.4, 0.5) is 0 Å². The SMILES string of the molecule is C#CC(C)(C)NC(=O)[C@H](N)Cc1ccc(O)cc1. The average Bonchev–Trinajstić information content (AvgIpc) is 2.31. The lowest BCUT2D eigenvalue weighted by Crippen LogP contribution is -2.50. The third-order valence-corrected chi connectivity index (χ3v) is 2.53. The van der Waals surface area contributed by atoms with Gasteiger partial charge in [-0.05, 0) is 38.0 Å². The molecule has 1 amide bonds. The first kappa shape index (κ1) is 14.1. The van der Waals surface area contributed by atoms with E-state index in [1.54, 1.807) is 38.1 Å². The van der Waals surface area contributed by atoms with E-state index in [0.717, 1.165) is 5.56 Å². The quantitative estimate of drug-likeness (QED) is 0.687. The Balaban J connectivity index is 2.61. The first-order chi connectivity index (χ1) is 8.34. The molecule has 0 aliphatic rings. The molecule has 0 aliphatic heterocycles. The average molecular weight is 246 g/mol. The fourth-order valence-electron chi connectivity index (χ4n) is 1.42. The number of rotatable bonds is 4. The van der Waals surface area contributed by atoms with Crippen LogP contribution in [-0.2, 0) is 11.2 Å². The highest BCUT2D eigenvalue weighted by atomic mass is 16.3. The van der Waals surface area contributed by atoms with Crippen LogP contribution in [0.5, 0.6) is 5.75 Å². The first-order valence-corrected chi connectivity index (χ1v) is 5.67. The third kappa shape index (κ3) is 4.11. The van der Waals surface area contributed by atoms with E-state index in [-0.39, 0.29) is 11.7 Å². The Bertz CT molecular complexity index is 458. The van der Waals surface area contributed by atoms with Crippen LogP contribution in [0.15, 0.2) is 24.3 Å². The predicted octanol–water partition coefficient (Wildman–Crippen LogP) is 0.790. The van der Waals surface area contributed by atoms with E-state index in [4.69, 9.17) is 17.3 Å². The molecule has 0 unspecified atom stereocenters. The molecular formula is C14H18N2O2. The fraction of sp³-hybridized carbons (Fsp3) is 0.357. The zero-order valence-electron chi connectivity index (χ0n) is 10.6. The summed E-state index contributed by atoms with van der Waals surface area (Å²) in [7, 11) is 0. The van der Waals surface area contributed by atoms with Gasteiger partial charge in [0.25, 0.3) is 0 Å². The maximum Gasteiger partial charge on any atom is 0.238 e. The monoisotopic (exact) mass is 246 g/mol. The largest absolute Gasteiger partial charge is 0.508 e. The summed E-state index contributed by atoms with van der Waals surface area (Å²) >= 11 is 0. The summed E-state index contributed by atoms with van der Waals surface area (Å²) in [6, 6.07) is 5.92. The highest BCUT2D eigenvalue weighted by Gasteiger charge is 2.21. The van der Waals surface area contributed by atoms with Crippen molar-refractivity contribution in [2.24, 2.45) is 5.73 Å². The van der Waals surface area contributed by atoms with Gasteiger partial charge in [0.05, 0.1) is 11.6 Å². The molecule has 0 aromatic heterocycles. The van der Waals surface area contributed by atoms with Crippen molar-refractivity contribution >= 4 is 5.91 Å². The molecule has 1 aromatic rings. The number of phenolic OH excluding ortho intramolecular Hbond substituents is 1. The molecule has 0 heterocycles. The lowest BCUT2D eigenvalue weighted by Gasteiger charge is -2.22. The molecule has 4 N–H and O–H groups in total. The number of carbonyl (C=O) groups excluding carboxylic acids is 1. The van der Waals surface area contributed by atoms with Crippen molar-refractivity contribution in [3.05, 3.63) is 29.8 Å². The van der Waals surface area contributed by atoms with Gasteiger partial charge in [-0.2, -0.15) is 0 Å². The summed E-state index contributed by atoms with van der Waals surface area (Å²) in [6.45, 7) is 3.47. The van der Waals surface area contributed by atoms with Crippen LogP contribution in [-0.4, -0.2) is 22.6 Å². The summed E-state index contributed by atoms with van der Waals surface area (Å²) in [5, 5.41) is 11.8. The van der Waals surface area contributed by atoms with Crippen molar-refractivity contribution in [2.75, 3.05) is 0 Å². The Hall–Kier alpha value is -1.99. The molecule has 0 saturated carbocycles. The summed E-state index contributed by atoms with van der Waals surface area (Å²) in [6.07, 6.45) is 5.69. The van der Waals surface area contributed by atoms with E-state index in [0.29, 0.717) is 6.42 Å². The van der Waals surface area contributed by atoms with Gasteiger partial charge in [-0.15, -0.1) is 6.42 Å². The topological polar surface area (TPSA) is 75.4 Å². The van der Waals surface area contributed by atoms with Crippen LogP contribution in [0.25, 0.3) is 0 Å². The van der Waals surface area contributed by atoms with Crippen molar-refractivity contribution in [1.82, 2.24) is 5.32 Å². The number of phenols is 1. The van der Waals surface area contributed by atoms with Crippen LogP contribution in [0.1, 0.15) is 19.4 Å². The Morgan fingerprint density at radius 3 is 2.56 bits per heavy atom. The second-order valence-electron chi connectivity index (χ2n) is 4.74. The normalized spacial score (nSPS) is 12.6. The zero-order valence-corrected chi connectivity index (χ0v) is 10.6. The van der Waals surface area contributed by atoms with Crippen LogP contribution < -0.4 is 11.1 Å². The maximum atomic E-state index is 11.8. The van der Waals surface area contributed by atoms with Gasteiger partial charge in [0.1, 0.15) is 5.75 Å². The summed E-state index contributed by atoms with van der Waals surface area (Å²) in [5.74, 6) is 2.38. The Kier molecular flexibility index (Phi) is 4.35. The van der Waals surface area contributed by atoms with Crippen molar-refractivity contribution in [2.45, 2.75) is 31.8 Å². The van der Waals surface area contributed by atoms with Crippen LogP contribution in [0.3, 0.4) is 0 Å². The number of amides is 1. The molecular weight excluding hydrogens is 228 g/mol. The minimum atomic E-state index is -0.705. The molecule has 1 atom stereocenters. The molecule has 0 aliphatic carbocycles. The lowest BCUT2D eigenvalue weighted by atomic mass is 10.0. The van der Waals surface area contributed by atoms with Crippen molar-refractivity contribution in [3.63, 3.8) is 0 Å². The van der Waals surface area contributed by atoms with Crippen molar-refractivity contribution in [1.29, 1.82) is 0 Å². The van der Waals surface area contributed by atoms with Gasteiger partial charge in [0.15, 0.2) is 0 Å². The van der Waals surface area contributed by atoms with Gasteiger partial charge in [-0.3, -0.25) is 4.79 Å². The Labute approximate surface area is 107 Å². The molecule has 96 valence electrons. The molecule has 0 spiro atoms. The molecule has 1 rings (SSSR count). The number of aromatic hydroxyl groups is 1. The van der Waals surface area contributed by atoms with Gasteiger partial charge >= 0.3 is 0 Å². The number of terminal acetylenes is 1. The van der Waals surface area contributed by atoms with Crippen molar-refractivity contribution in [3.8, 4) is 18.1 Å². The number of benzene rings is 1. The number of hydrogen-bond acceptors (Lipinski definition) is 3. The molecule has 0 saturated heterocycles. The van der Waals surface area contributed by atoms with Gasteiger partial charge in [0.2, 0.25) is 5.91 Å². The predicted molar refractivity (Wildman–Crippen MR) is 70.8 cm³/mol. The molecule has 1 aromatic carbocycles. The van der Waals surface area contributed by atoms with Gasteiger partial charge in [-0.1, -0.05) is 18.1 Å². The number of hydrogen-bond donors (Lipinski definition) is 3. The minimum Gasteiger partial charge on any atom is -0.508 e. The zero-order chi connectivity index (χ0) is 13.8. The van der Waals surface area contributed by atoms with Crippen LogP contribution in [0, 0.1) is 12.3 Å². The third-order valence-electron chi connectivity index (χ3n) is 2.53. The van der Waals surface area contributed by atoms with Gasteiger partial charge < -0.3 is 16.2 Å². The highest BCUT2D eigenvalue weighted by molar-refractivity contribution is 5.82. The molecule has 0 bridgehead atoms. The lowest BCUT2D eigenvalue weighted by molar-refractivity contribution is -0.123. The van der Waals surface area contributed by atoms with Crippen LogP contribution >= 0.6 is 0 Å². The van der Waals surface area contributed by atoms with Gasteiger partial charge in [0, 0.05) is 0 Å². The maximum absolute atomic E-state index is 11.8. The number of carbonyl (C=O) groups is 1. The summed E-state index contributed by atoms with van der Waals surface area (Å²) in [4.78, 5) is 11.8. The van der Waals surface area contributed by atoms with Gasteiger partial charge in [-0.25, -0.2) is 0 Å². The molecule has 18 heavy (non-hydrogen) atoms. The first-order valence-electron chi connectivity index (χ1n) is 5.67. The Morgan fingerprint density at radius 1 is 1.50 bits per heavy atom. The van der Waals surface area contributed by atoms with Crippen molar-refractivity contribution < 1.29 is 9.90 Å². The smallest absolute Gasteiger partial charge is 0.238 e. The number of nitrogens with one attached hydrogen (secondary N) is 1. The van der Waals surface area contributed by atoms with E-state index in [1.165, 1.54) is 0 Å². The van der Waals surface area contributed by atoms with E-state index in [2.05, 4.69) is 11.2 Å². The van der Waals surface area contributed by atoms with Crippen LogP contribution in [0.2, 0.25) is 0 Å². The molecule has 0 fully saturated rings. The second-order valence-corrected chi connectivity index (χ2v) is 4.74. The Morgan fingerprint density at radius 2 is 2.06 bits per heavy atom. The summed E-state index contributed by atoms with van der Waals surface area (Å²) in [5.41, 5.74) is 5.98. The fourth-order valence-corrected chi connectivity index (χ4v) is 1.42.